The zero-order valence-electron chi connectivity index (χ0n) is 14.1. The van der Waals surface area contributed by atoms with E-state index >= 15 is 0 Å². The second-order valence-electron chi connectivity index (χ2n) is 5.98. The molecular weight excluding hydrogens is 354 g/mol. The second-order valence-corrected chi connectivity index (χ2v) is 7.87. The molecule has 1 aliphatic rings. The van der Waals surface area contributed by atoms with Crippen molar-refractivity contribution in [1.29, 1.82) is 0 Å². The molecule has 0 aliphatic carbocycles. The van der Waals surface area contributed by atoms with Gasteiger partial charge in [0.25, 0.3) is 0 Å². The molecule has 0 N–H and O–H groups in total. The van der Waals surface area contributed by atoms with Crippen molar-refractivity contribution in [3.63, 3.8) is 0 Å². The normalized spacial score (nSPS) is 17.8. The summed E-state index contributed by atoms with van der Waals surface area (Å²) in [5.74, 6) is -1.01. The SMILES string of the molecule is O=C(COC(=O)C1CCCN1S(=O)(=O)c1ccccc1)c1ccccc1. The van der Waals surface area contributed by atoms with Crippen LogP contribution in [0, 0.1) is 0 Å². The first-order valence-corrected chi connectivity index (χ1v) is 9.76. The Kier molecular flexibility index (Phi) is 5.49. The van der Waals surface area contributed by atoms with E-state index in [0.29, 0.717) is 18.4 Å². The summed E-state index contributed by atoms with van der Waals surface area (Å²) in [6.07, 6.45) is 0.947. The summed E-state index contributed by atoms with van der Waals surface area (Å²) >= 11 is 0. The van der Waals surface area contributed by atoms with Gasteiger partial charge in [0.05, 0.1) is 4.90 Å². The van der Waals surface area contributed by atoms with E-state index < -0.39 is 28.6 Å². The number of Topliss-reactive ketones (excluding diaryl/α,β-unsaturated/α-hetero) is 1. The number of esters is 1. The van der Waals surface area contributed by atoms with E-state index in [0.717, 1.165) is 4.31 Å². The van der Waals surface area contributed by atoms with Crippen molar-refractivity contribution < 1.29 is 22.7 Å². The number of nitrogens with zero attached hydrogens (tertiary/aromatic N) is 1. The Hall–Kier alpha value is -2.51. The number of hydrogen-bond acceptors (Lipinski definition) is 5. The summed E-state index contributed by atoms with van der Waals surface area (Å²) in [5.41, 5.74) is 0.445. The number of rotatable bonds is 6. The van der Waals surface area contributed by atoms with E-state index in [1.807, 2.05) is 0 Å². The fourth-order valence-corrected chi connectivity index (χ4v) is 4.60. The highest BCUT2D eigenvalue weighted by Gasteiger charge is 2.40. The average Bonchev–Trinajstić information content (AvgIpc) is 3.18. The lowest BCUT2D eigenvalue weighted by Crippen LogP contribution is -2.41. The smallest absolute Gasteiger partial charge is 0.324 e. The lowest BCUT2D eigenvalue weighted by Gasteiger charge is -2.22. The zero-order chi connectivity index (χ0) is 18.6. The maximum absolute atomic E-state index is 12.8. The summed E-state index contributed by atoms with van der Waals surface area (Å²) in [6.45, 7) is -0.151. The summed E-state index contributed by atoms with van der Waals surface area (Å²) in [4.78, 5) is 24.6. The third kappa shape index (κ3) is 3.84. The van der Waals surface area contributed by atoms with Crippen LogP contribution in [-0.2, 0) is 19.6 Å². The molecule has 0 saturated carbocycles. The molecule has 1 heterocycles. The van der Waals surface area contributed by atoms with Crippen molar-refractivity contribution in [3.8, 4) is 0 Å². The van der Waals surface area contributed by atoms with Crippen LogP contribution in [0.3, 0.4) is 0 Å². The Bertz CT molecular complexity index is 881. The molecule has 1 unspecified atom stereocenters. The van der Waals surface area contributed by atoms with Crippen LogP contribution in [0.4, 0.5) is 0 Å². The summed E-state index contributed by atoms with van der Waals surface area (Å²) in [7, 11) is -3.78. The van der Waals surface area contributed by atoms with Crippen LogP contribution >= 0.6 is 0 Å². The molecule has 6 nitrogen and oxygen atoms in total. The maximum Gasteiger partial charge on any atom is 0.324 e. The van der Waals surface area contributed by atoms with Crippen molar-refractivity contribution in [3.05, 3.63) is 66.2 Å². The van der Waals surface area contributed by atoms with Gasteiger partial charge in [0, 0.05) is 12.1 Å². The first-order chi connectivity index (χ1) is 12.5. The van der Waals surface area contributed by atoms with Gasteiger partial charge >= 0.3 is 5.97 Å². The monoisotopic (exact) mass is 373 g/mol. The van der Waals surface area contributed by atoms with Crippen molar-refractivity contribution in [2.45, 2.75) is 23.8 Å². The summed E-state index contributed by atoms with van der Waals surface area (Å²) in [6, 6.07) is 15.6. The highest BCUT2D eigenvalue weighted by atomic mass is 32.2. The average molecular weight is 373 g/mol. The number of hydrogen-bond donors (Lipinski definition) is 0. The Morgan fingerprint density at radius 1 is 1.00 bits per heavy atom. The van der Waals surface area contributed by atoms with Crippen molar-refractivity contribution >= 4 is 21.8 Å². The molecule has 26 heavy (non-hydrogen) atoms. The van der Waals surface area contributed by atoms with Crippen molar-refractivity contribution in [2.24, 2.45) is 0 Å². The lowest BCUT2D eigenvalue weighted by atomic mass is 10.1. The number of carbonyl (C=O) groups excluding carboxylic acids is 2. The van der Waals surface area contributed by atoms with E-state index in [9.17, 15) is 18.0 Å². The molecule has 2 aromatic rings. The Morgan fingerprint density at radius 3 is 2.27 bits per heavy atom. The summed E-state index contributed by atoms with van der Waals surface area (Å²) < 4.78 is 31.8. The van der Waals surface area contributed by atoms with E-state index in [2.05, 4.69) is 0 Å². The standard InChI is InChI=1S/C19H19NO5S/c21-18(15-8-3-1-4-9-15)14-25-19(22)17-12-7-13-20(17)26(23,24)16-10-5-2-6-11-16/h1-6,8-11,17H,7,12-14H2. The predicted molar refractivity (Wildman–Crippen MR) is 95.1 cm³/mol. The number of ketones is 1. The van der Waals surface area contributed by atoms with Gasteiger partial charge in [-0.1, -0.05) is 48.5 Å². The minimum atomic E-state index is -3.78. The van der Waals surface area contributed by atoms with Crippen LogP contribution in [-0.4, -0.2) is 43.7 Å². The number of sulfonamides is 1. The molecular formula is C19H19NO5S. The fourth-order valence-electron chi connectivity index (χ4n) is 2.93. The predicted octanol–water partition coefficient (Wildman–Crippen LogP) is 2.27. The molecule has 7 heteroatoms. The van der Waals surface area contributed by atoms with Crippen molar-refractivity contribution in [1.82, 2.24) is 4.31 Å². The van der Waals surface area contributed by atoms with Gasteiger partial charge in [-0.15, -0.1) is 0 Å². The minimum absolute atomic E-state index is 0.139. The van der Waals surface area contributed by atoms with E-state index in [-0.39, 0.29) is 17.2 Å². The molecule has 1 fully saturated rings. The molecule has 2 aromatic carbocycles. The van der Waals surface area contributed by atoms with Gasteiger partial charge in [-0.05, 0) is 25.0 Å². The molecule has 1 atom stereocenters. The van der Waals surface area contributed by atoms with Gasteiger partial charge in [0.1, 0.15) is 6.04 Å². The van der Waals surface area contributed by atoms with Crippen LogP contribution in [0.15, 0.2) is 65.6 Å². The Labute approximate surface area is 152 Å². The van der Waals surface area contributed by atoms with Crippen LogP contribution in [0.1, 0.15) is 23.2 Å². The van der Waals surface area contributed by atoms with Gasteiger partial charge in [-0.25, -0.2) is 8.42 Å². The summed E-state index contributed by atoms with van der Waals surface area (Å²) in [5, 5.41) is 0. The largest absolute Gasteiger partial charge is 0.456 e. The van der Waals surface area contributed by atoms with Crippen LogP contribution in [0.5, 0.6) is 0 Å². The number of benzene rings is 2. The van der Waals surface area contributed by atoms with E-state index in [4.69, 9.17) is 4.74 Å². The molecule has 0 spiro atoms. The molecule has 136 valence electrons. The molecule has 3 rings (SSSR count). The van der Waals surface area contributed by atoms with E-state index in [1.54, 1.807) is 48.5 Å². The highest BCUT2D eigenvalue weighted by Crippen LogP contribution is 2.26. The highest BCUT2D eigenvalue weighted by molar-refractivity contribution is 7.89. The Morgan fingerprint density at radius 2 is 1.62 bits per heavy atom. The second kappa shape index (κ2) is 7.80. The van der Waals surface area contributed by atoms with Gasteiger partial charge < -0.3 is 4.74 Å². The molecule has 1 saturated heterocycles. The van der Waals surface area contributed by atoms with Crippen LogP contribution in [0.25, 0.3) is 0 Å². The molecule has 0 bridgehead atoms. The molecule has 0 amide bonds. The molecule has 1 aliphatic heterocycles. The molecule has 0 radical (unpaired) electrons. The third-order valence-electron chi connectivity index (χ3n) is 4.27. The van der Waals surface area contributed by atoms with Crippen LogP contribution in [0.2, 0.25) is 0 Å². The first kappa shape index (κ1) is 18.3. The molecule has 0 aromatic heterocycles. The van der Waals surface area contributed by atoms with Gasteiger partial charge in [-0.2, -0.15) is 4.31 Å². The quantitative estimate of drug-likeness (QED) is 0.573. The first-order valence-electron chi connectivity index (χ1n) is 8.32. The van der Waals surface area contributed by atoms with Crippen molar-refractivity contribution in [2.75, 3.05) is 13.2 Å². The zero-order valence-corrected chi connectivity index (χ0v) is 14.9. The lowest BCUT2D eigenvalue weighted by molar-refractivity contribution is -0.146. The van der Waals surface area contributed by atoms with Gasteiger partial charge in [0.2, 0.25) is 10.0 Å². The maximum atomic E-state index is 12.8. The van der Waals surface area contributed by atoms with E-state index in [1.165, 1.54) is 12.1 Å². The van der Waals surface area contributed by atoms with Gasteiger partial charge in [0.15, 0.2) is 12.4 Å². The van der Waals surface area contributed by atoms with Gasteiger partial charge in [-0.3, -0.25) is 9.59 Å². The third-order valence-corrected chi connectivity index (χ3v) is 6.19. The van der Waals surface area contributed by atoms with Crippen LogP contribution < -0.4 is 0 Å². The minimum Gasteiger partial charge on any atom is -0.456 e. The topological polar surface area (TPSA) is 80.8 Å². The Balaban J connectivity index is 1.68. The fraction of sp³-hybridized carbons (Fsp3) is 0.263. The number of ether oxygens (including phenoxy) is 1. The number of carbonyl (C=O) groups is 2.